The van der Waals surface area contributed by atoms with Crippen LogP contribution in [-0.2, 0) is 10.0 Å². The molecule has 3 aromatic rings. The normalized spacial score (nSPS) is 11.1. The summed E-state index contributed by atoms with van der Waals surface area (Å²) in [7, 11) is -3.88. The van der Waals surface area contributed by atoms with Crippen molar-refractivity contribution < 1.29 is 17.6 Å². The average Bonchev–Trinajstić information content (AvgIpc) is 2.63. The van der Waals surface area contributed by atoms with E-state index in [1.54, 1.807) is 30.3 Å². The topological polar surface area (TPSA) is 88.2 Å². The smallest absolute Gasteiger partial charge is 0.263 e. The molecule has 6 nitrogen and oxygen atoms in total. The van der Waals surface area contributed by atoms with Crippen LogP contribution in [0, 0.1) is 12.7 Å². The van der Waals surface area contributed by atoms with Crippen LogP contribution in [0.15, 0.2) is 65.7 Å². The lowest BCUT2D eigenvalue weighted by Crippen LogP contribution is -2.15. The van der Waals surface area contributed by atoms with E-state index in [0.717, 1.165) is 12.1 Å². The third-order valence-corrected chi connectivity index (χ3v) is 5.50. The Kier molecular flexibility index (Phi) is 5.41. The van der Waals surface area contributed by atoms with Gasteiger partial charge in [0.05, 0.1) is 16.8 Å². The van der Waals surface area contributed by atoms with Gasteiger partial charge in [0.25, 0.3) is 10.0 Å². The van der Waals surface area contributed by atoms with Crippen molar-refractivity contribution in [2.24, 2.45) is 0 Å². The lowest BCUT2D eigenvalue weighted by Gasteiger charge is -2.11. The molecule has 2 N–H and O–H groups in total. The Labute approximate surface area is 162 Å². The van der Waals surface area contributed by atoms with Crippen LogP contribution < -0.4 is 10.0 Å². The van der Waals surface area contributed by atoms with Crippen molar-refractivity contribution in [3.63, 3.8) is 0 Å². The van der Waals surface area contributed by atoms with E-state index in [1.807, 2.05) is 0 Å². The zero-order chi connectivity index (χ0) is 20.3. The van der Waals surface area contributed by atoms with E-state index in [1.165, 1.54) is 32.2 Å². The molecule has 3 rings (SSSR count). The summed E-state index contributed by atoms with van der Waals surface area (Å²) in [6.07, 6.45) is 1.47. The molecule has 0 amide bonds. The number of aryl methyl sites for hydroxylation is 1. The Morgan fingerprint density at radius 1 is 1.04 bits per heavy atom. The highest BCUT2D eigenvalue weighted by Gasteiger charge is 2.17. The Hall–Kier alpha value is -3.26. The van der Waals surface area contributed by atoms with Gasteiger partial charge in [-0.2, -0.15) is 0 Å². The molecular weight excluding hydrogens is 381 g/mol. The molecule has 0 radical (unpaired) electrons. The van der Waals surface area contributed by atoms with E-state index in [9.17, 15) is 17.6 Å². The number of aromatic nitrogens is 1. The zero-order valence-corrected chi connectivity index (χ0v) is 16.0. The third-order valence-electron chi connectivity index (χ3n) is 3.99. The summed E-state index contributed by atoms with van der Waals surface area (Å²) in [6.45, 7) is 3.01. The van der Waals surface area contributed by atoms with Gasteiger partial charge in [-0.25, -0.2) is 17.8 Å². The first-order chi connectivity index (χ1) is 13.2. The first-order valence-electron chi connectivity index (χ1n) is 8.38. The molecule has 0 bridgehead atoms. The molecule has 28 heavy (non-hydrogen) atoms. The Balaban J connectivity index is 1.75. The molecule has 0 unspecified atom stereocenters. The highest BCUT2D eigenvalue weighted by Crippen LogP contribution is 2.21. The maximum atomic E-state index is 13.2. The molecule has 0 atom stereocenters. The van der Waals surface area contributed by atoms with E-state index in [-0.39, 0.29) is 16.5 Å². The van der Waals surface area contributed by atoms with Gasteiger partial charge in [-0.1, -0.05) is 12.1 Å². The van der Waals surface area contributed by atoms with Crippen molar-refractivity contribution in [3.8, 4) is 0 Å². The average molecular weight is 399 g/mol. The Bertz CT molecular complexity index is 1130. The zero-order valence-electron chi connectivity index (χ0n) is 15.2. The van der Waals surface area contributed by atoms with Crippen LogP contribution >= 0.6 is 0 Å². The maximum absolute atomic E-state index is 13.2. The lowest BCUT2D eigenvalue weighted by molar-refractivity contribution is 0.101. The lowest BCUT2D eigenvalue weighted by atomic mass is 10.1. The minimum Gasteiger partial charge on any atom is -0.354 e. The predicted molar refractivity (Wildman–Crippen MR) is 106 cm³/mol. The van der Waals surface area contributed by atoms with Crippen molar-refractivity contribution >= 4 is 33.0 Å². The first kappa shape index (κ1) is 19.5. The van der Waals surface area contributed by atoms with Crippen molar-refractivity contribution in [2.45, 2.75) is 18.7 Å². The third kappa shape index (κ3) is 4.52. The number of pyridine rings is 1. The molecular formula is C20H18FN3O3S. The number of Topliss-reactive ketones (excluding diaryl/α,β-unsaturated/α-hetero) is 1. The summed E-state index contributed by atoms with van der Waals surface area (Å²) < 4.78 is 40.6. The summed E-state index contributed by atoms with van der Waals surface area (Å²) in [5.74, 6) is -0.409. The fourth-order valence-corrected chi connectivity index (χ4v) is 3.85. The van der Waals surface area contributed by atoms with Crippen molar-refractivity contribution in [3.05, 3.63) is 77.7 Å². The number of nitrogens with one attached hydrogen (secondary N) is 2. The van der Waals surface area contributed by atoms with Crippen molar-refractivity contribution in [1.29, 1.82) is 0 Å². The molecule has 1 aromatic heterocycles. The minimum absolute atomic E-state index is 0.0149. The van der Waals surface area contributed by atoms with Crippen LogP contribution in [0.3, 0.4) is 0 Å². The van der Waals surface area contributed by atoms with Crippen molar-refractivity contribution in [1.82, 2.24) is 4.98 Å². The van der Waals surface area contributed by atoms with Crippen LogP contribution in [0.4, 0.5) is 21.6 Å². The molecule has 0 fully saturated rings. The summed E-state index contributed by atoms with van der Waals surface area (Å²) in [5.41, 5.74) is 2.22. The van der Waals surface area contributed by atoms with Gasteiger partial charge in [0.1, 0.15) is 11.6 Å². The summed E-state index contributed by atoms with van der Waals surface area (Å²) in [6, 6.07) is 13.6. The van der Waals surface area contributed by atoms with Gasteiger partial charge in [-0.05, 0) is 61.9 Å². The fraction of sp³-hybridized carbons (Fsp3) is 0.100. The van der Waals surface area contributed by atoms with Gasteiger partial charge in [-0.15, -0.1) is 0 Å². The highest BCUT2D eigenvalue weighted by atomic mass is 32.2. The summed E-state index contributed by atoms with van der Waals surface area (Å²) >= 11 is 0. The largest absolute Gasteiger partial charge is 0.354 e. The number of sulfonamides is 1. The number of carbonyl (C=O) groups excluding carboxylic acids is 1. The molecule has 0 aliphatic rings. The van der Waals surface area contributed by atoms with E-state index in [2.05, 4.69) is 15.0 Å². The summed E-state index contributed by atoms with van der Waals surface area (Å²) in [5, 5.41) is 3.10. The number of anilines is 3. The number of ketones is 1. The van der Waals surface area contributed by atoms with Gasteiger partial charge in [0, 0.05) is 11.3 Å². The Morgan fingerprint density at radius 3 is 2.46 bits per heavy atom. The highest BCUT2D eigenvalue weighted by molar-refractivity contribution is 7.92. The molecule has 2 aromatic carbocycles. The maximum Gasteiger partial charge on any atom is 0.263 e. The van der Waals surface area contributed by atoms with Gasteiger partial charge < -0.3 is 5.32 Å². The van der Waals surface area contributed by atoms with E-state index in [4.69, 9.17) is 0 Å². The quantitative estimate of drug-likeness (QED) is 0.604. The van der Waals surface area contributed by atoms with Gasteiger partial charge >= 0.3 is 0 Å². The summed E-state index contributed by atoms with van der Waals surface area (Å²) in [4.78, 5) is 15.5. The number of nitrogens with zero attached hydrogens (tertiary/aromatic N) is 1. The number of benzene rings is 2. The van der Waals surface area contributed by atoms with E-state index < -0.39 is 15.8 Å². The monoisotopic (exact) mass is 399 g/mol. The molecule has 8 heteroatoms. The number of hydrogen-bond donors (Lipinski definition) is 2. The SMILES string of the molecule is CC(=O)c1cccc(Nc2ccc(NS(=O)(=O)c3ccc(F)cc3C)nc2)c1. The van der Waals surface area contributed by atoms with Gasteiger partial charge in [0.15, 0.2) is 5.78 Å². The van der Waals surface area contributed by atoms with Crippen LogP contribution in [0.1, 0.15) is 22.8 Å². The van der Waals surface area contributed by atoms with Crippen LogP contribution in [0.25, 0.3) is 0 Å². The van der Waals surface area contributed by atoms with Crippen LogP contribution in [0.2, 0.25) is 0 Å². The second-order valence-electron chi connectivity index (χ2n) is 6.21. The second-order valence-corrected chi connectivity index (χ2v) is 7.86. The number of halogens is 1. The van der Waals surface area contributed by atoms with Crippen LogP contribution in [0.5, 0.6) is 0 Å². The van der Waals surface area contributed by atoms with Gasteiger partial charge in [-0.3, -0.25) is 9.52 Å². The Morgan fingerprint density at radius 2 is 1.82 bits per heavy atom. The van der Waals surface area contributed by atoms with Gasteiger partial charge in [0.2, 0.25) is 0 Å². The van der Waals surface area contributed by atoms with Crippen LogP contribution in [-0.4, -0.2) is 19.2 Å². The number of carbonyl (C=O) groups is 1. The van der Waals surface area contributed by atoms with Crippen molar-refractivity contribution in [2.75, 3.05) is 10.0 Å². The molecule has 0 saturated carbocycles. The number of hydrogen-bond acceptors (Lipinski definition) is 5. The molecule has 1 heterocycles. The molecule has 0 saturated heterocycles. The molecule has 0 aliphatic carbocycles. The second kappa shape index (κ2) is 7.77. The molecule has 0 aliphatic heterocycles. The predicted octanol–water partition coefficient (Wildman–Crippen LogP) is 4.28. The molecule has 144 valence electrons. The first-order valence-corrected chi connectivity index (χ1v) is 9.86. The standard InChI is InChI=1S/C20H18FN3O3S/c1-13-10-16(21)6-8-19(13)28(26,27)24-20-9-7-18(12-22-20)23-17-5-3-4-15(11-17)14(2)25/h3-12,23H,1-2H3,(H,22,24). The van der Waals surface area contributed by atoms with E-state index >= 15 is 0 Å². The molecule has 0 spiro atoms. The number of rotatable bonds is 6. The fourth-order valence-electron chi connectivity index (χ4n) is 2.62. The van der Waals surface area contributed by atoms with E-state index in [0.29, 0.717) is 22.5 Å². The minimum atomic E-state index is -3.88.